The fraction of sp³-hybridized carbons (Fsp3) is 0.368. The van der Waals surface area contributed by atoms with Crippen LogP contribution in [0.3, 0.4) is 0 Å². The fourth-order valence-electron chi connectivity index (χ4n) is 3.46. The summed E-state index contributed by atoms with van der Waals surface area (Å²) < 4.78 is 38.5. The van der Waals surface area contributed by atoms with E-state index < -0.39 is 29.0 Å². The number of nitrogens with one attached hydrogen (secondary N) is 3. The number of hydrogen-bond donors (Lipinski definition) is 3. The molecule has 0 unspecified atom stereocenters. The van der Waals surface area contributed by atoms with Gasteiger partial charge < -0.3 is 15.6 Å². The third kappa shape index (κ3) is 4.69. The van der Waals surface area contributed by atoms with Gasteiger partial charge in [0.2, 0.25) is 0 Å². The summed E-state index contributed by atoms with van der Waals surface area (Å²) in [6, 6.07) is 9.08. The second-order valence-corrected chi connectivity index (χ2v) is 6.66. The molecule has 3 rings (SSSR count). The van der Waals surface area contributed by atoms with Gasteiger partial charge in [-0.2, -0.15) is 13.2 Å². The normalized spacial score (nSPS) is 16.1. The first-order chi connectivity index (χ1) is 12.8. The van der Waals surface area contributed by atoms with Gasteiger partial charge in [-0.15, -0.1) is 0 Å². The predicted molar refractivity (Wildman–Crippen MR) is 95.4 cm³/mol. The first-order valence-electron chi connectivity index (χ1n) is 8.77. The quantitative estimate of drug-likeness (QED) is 0.734. The van der Waals surface area contributed by atoms with E-state index in [1.165, 1.54) is 0 Å². The number of aromatic amines is 1. The number of carbonyl (C=O) groups is 1. The maximum atomic E-state index is 12.8. The van der Waals surface area contributed by atoms with Crippen molar-refractivity contribution in [3.05, 3.63) is 64.1 Å². The van der Waals surface area contributed by atoms with Crippen LogP contribution in [0.4, 0.5) is 23.7 Å². The summed E-state index contributed by atoms with van der Waals surface area (Å²) in [6.07, 6.45) is 0.0351. The third-order valence-corrected chi connectivity index (χ3v) is 4.80. The lowest BCUT2D eigenvalue weighted by Crippen LogP contribution is -2.37. The van der Waals surface area contributed by atoms with E-state index in [1.54, 1.807) is 0 Å². The molecule has 27 heavy (non-hydrogen) atoms. The molecule has 144 valence electrons. The number of halogens is 3. The molecule has 1 aliphatic rings. The molecule has 3 N–H and O–H groups in total. The molecule has 0 aliphatic heterocycles. The van der Waals surface area contributed by atoms with Crippen LogP contribution in [0, 0.1) is 5.92 Å². The van der Waals surface area contributed by atoms with E-state index in [9.17, 15) is 22.8 Å². The van der Waals surface area contributed by atoms with Crippen molar-refractivity contribution in [1.29, 1.82) is 0 Å². The first-order valence-corrected chi connectivity index (χ1v) is 8.77. The lowest BCUT2D eigenvalue weighted by molar-refractivity contribution is -0.137. The van der Waals surface area contributed by atoms with Gasteiger partial charge >= 0.3 is 12.2 Å². The van der Waals surface area contributed by atoms with Crippen LogP contribution in [-0.2, 0) is 6.18 Å². The van der Waals surface area contributed by atoms with Gasteiger partial charge in [0.1, 0.15) is 5.69 Å². The minimum absolute atomic E-state index is 0.248. The molecule has 1 aromatic carbocycles. The van der Waals surface area contributed by atoms with Crippen molar-refractivity contribution >= 4 is 11.7 Å². The number of aromatic nitrogens is 1. The standard InChI is InChI=1S/C19H20F3N3O2/c20-19(21,22)14-10-15(17(26)23-11-14)24-18(27)25-16(13-8-4-5-9-13)12-6-2-1-3-7-12/h1-3,6-7,10-11,13,16H,4-5,8-9H2,(H,23,26)(H2,24,25,27)/t16-/m1/s1. The van der Waals surface area contributed by atoms with E-state index >= 15 is 0 Å². The Bertz CT molecular complexity index is 843. The van der Waals surface area contributed by atoms with Crippen LogP contribution in [0.5, 0.6) is 0 Å². The summed E-state index contributed by atoms with van der Waals surface area (Å²) in [5.74, 6) is 0.248. The number of carbonyl (C=O) groups excluding carboxylic acids is 1. The molecular formula is C19H20F3N3O2. The van der Waals surface area contributed by atoms with E-state index in [0.29, 0.717) is 12.3 Å². The van der Waals surface area contributed by atoms with E-state index in [2.05, 4.69) is 10.6 Å². The zero-order chi connectivity index (χ0) is 19.4. The number of alkyl halides is 3. The summed E-state index contributed by atoms with van der Waals surface area (Å²) in [5.41, 5.74) is -1.35. The number of pyridine rings is 1. The van der Waals surface area contributed by atoms with Crippen molar-refractivity contribution in [3.63, 3.8) is 0 Å². The molecule has 0 bridgehead atoms. The Hall–Kier alpha value is -2.77. The average Bonchev–Trinajstić information content (AvgIpc) is 3.16. The Morgan fingerprint density at radius 3 is 2.44 bits per heavy atom. The van der Waals surface area contributed by atoms with Crippen molar-refractivity contribution < 1.29 is 18.0 Å². The molecule has 1 aliphatic carbocycles. The van der Waals surface area contributed by atoms with Gasteiger partial charge in [-0.25, -0.2) is 4.79 Å². The Morgan fingerprint density at radius 1 is 1.15 bits per heavy atom. The Balaban J connectivity index is 1.78. The van der Waals surface area contributed by atoms with Crippen molar-refractivity contribution in [3.8, 4) is 0 Å². The average molecular weight is 379 g/mol. The molecule has 1 heterocycles. The lowest BCUT2D eigenvalue weighted by atomic mass is 9.92. The molecule has 1 aromatic heterocycles. The molecule has 2 amide bonds. The van der Waals surface area contributed by atoms with E-state index in [0.717, 1.165) is 31.2 Å². The molecule has 0 spiro atoms. The maximum absolute atomic E-state index is 12.8. The highest BCUT2D eigenvalue weighted by Crippen LogP contribution is 2.35. The van der Waals surface area contributed by atoms with Crippen molar-refractivity contribution in [2.24, 2.45) is 5.92 Å². The smallest absolute Gasteiger partial charge is 0.331 e. The Morgan fingerprint density at radius 2 is 1.81 bits per heavy atom. The van der Waals surface area contributed by atoms with E-state index in [-0.39, 0.29) is 12.0 Å². The van der Waals surface area contributed by atoms with Crippen LogP contribution in [0.25, 0.3) is 0 Å². The fourth-order valence-corrected chi connectivity index (χ4v) is 3.46. The zero-order valence-corrected chi connectivity index (χ0v) is 14.5. The lowest BCUT2D eigenvalue weighted by Gasteiger charge is -2.25. The minimum Gasteiger partial charge on any atom is -0.331 e. The highest BCUT2D eigenvalue weighted by atomic mass is 19.4. The van der Waals surface area contributed by atoms with Crippen LogP contribution < -0.4 is 16.2 Å². The largest absolute Gasteiger partial charge is 0.417 e. The van der Waals surface area contributed by atoms with Crippen LogP contribution in [0.1, 0.15) is 42.9 Å². The van der Waals surface area contributed by atoms with Crippen molar-refractivity contribution in [2.75, 3.05) is 5.32 Å². The van der Waals surface area contributed by atoms with Crippen LogP contribution in [-0.4, -0.2) is 11.0 Å². The van der Waals surface area contributed by atoms with Gasteiger partial charge in [0.25, 0.3) is 5.56 Å². The number of benzene rings is 1. The molecule has 1 saturated carbocycles. The SMILES string of the molecule is O=C(Nc1cc(C(F)(F)F)c[nH]c1=O)N[C@H](c1ccccc1)C1CCCC1. The third-order valence-electron chi connectivity index (χ3n) is 4.80. The number of rotatable bonds is 4. The molecule has 1 atom stereocenters. The van der Waals surface area contributed by atoms with Crippen molar-refractivity contribution in [2.45, 2.75) is 37.9 Å². The number of urea groups is 1. The van der Waals surface area contributed by atoms with Crippen LogP contribution in [0.15, 0.2) is 47.4 Å². The number of hydrogen-bond acceptors (Lipinski definition) is 2. The number of H-pyrrole nitrogens is 1. The highest BCUT2D eigenvalue weighted by Gasteiger charge is 2.32. The maximum Gasteiger partial charge on any atom is 0.417 e. The molecule has 0 saturated heterocycles. The topological polar surface area (TPSA) is 74.0 Å². The summed E-state index contributed by atoms with van der Waals surface area (Å²) in [6.45, 7) is 0. The number of anilines is 1. The van der Waals surface area contributed by atoms with Gasteiger partial charge in [0.15, 0.2) is 0 Å². The van der Waals surface area contributed by atoms with Gasteiger partial charge in [-0.1, -0.05) is 43.2 Å². The molecule has 8 heteroatoms. The zero-order valence-electron chi connectivity index (χ0n) is 14.5. The Labute approximate surface area is 154 Å². The second kappa shape index (κ2) is 7.85. The summed E-state index contributed by atoms with van der Waals surface area (Å²) >= 11 is 0. The Kier molecular flexibility index (Phi) is 5.53. The van der Waals surface area contributed by atoms with E-state index in [1.807, 2.05) is 35.3 Å². The van der Waals surface area contributed by atoms with Crippen molar-refractivity contribution in [1.82, 2.24) is 10.3 Å². The highest BCUT2D eigenvalue weighted by molar-refractivity contribution is 5.89. The van der Waals surface area contributed by atoms with Gasteiger partial charge in [-0.05, 0) is 30.4 Å². The molecule has 1 fully saturated rings. The monoisotopic (exact) mass is 379 g/mol. The molecule has 5 nitrogen and oxygen atoms in total. The molecular weight excluding hydrogens is 359 g/mol. The van der Waals surface area contributed by atoms with Crippen LogP contribution >= 0.6 is 0 Å². The van der Waals surface area contributed by atoms with Gasteiger partial charge in [-0.3, -0.25) is 4.79 Å². The first kappa shape index (κ1) is 19.0. The van der Waals surface area contributed by atoms with Gasteiger partial charge in [0, 0.05) is 6.20 Å². The minimum atomic E-state index is -4.62. The second-order valence-electron chi connectivity index (χ2n) is 6.66. The van der Waals surface area contributed by atoms with Gasteiger partial charge in [0.05, 0.1) is 11.6 Å². The predicted octanol–water partition coefficient (Wildman–Crippen LogP) is 4.45. The molecule has 0 radical (unpaired) electrons. The van der Waals surface area contributed by atoms with Crippen LogP contribution in [0.2, 0.25) is 0 Å². The number of amides is 2. The summed E-state index contributed by atoms with van der Waals surface area (Å²) in [5, 5.41) is 5.08. The summed E-state index contributed by atoms with van der Waals surface area (Å²) in [7, 11) is 0. The summed E-state index contributed by atoms with van der Waals surface area (Å²) in [4.78, 5) is 26.2. The molecule has 2 aromatic rings. The van der Waals surface area contributed by atoms with E-state index in [4.69, 9.17) is 0 Å².